The van der Waals surface area contributed by atoms with Gasteiger partial charge in [0, 0.05) is 18.7 Å². The highest BCUT2D eigenvalue weighted by Gasteiger charge is 2.52. The fraction of sp³-hybridized carbons (Fsp3) is 0.632. The van der Waals surface area contributed by atoms with Gasteiger partial charge < -0.3 is 14.2 Å². The van der Waals surface area contributed by atoms with Crippen LogP contribution in [0.25, 0.3) is 0 Å². The molecular weight excluding hydrogens is 301 g/mol. The fourth-order valence-corrected chi connectivity index (χ4v) is 3.93. The SMILES string of the molecule is CC1(C)OB(c2ccc(N3CC4(CCC4)CC3=O)cc2)OC1(C)C. The van der Waals surface area contributed by atoms with Gasteiger partial charge in [0.2, 0.25) is 5.91 Å². The third-order valence-electron chi connectivity index (χ3n) is 6.47. The molecule has 24 heavy (non-hydrogen) atoms. The average Bonchev–Trinajstić information content (AvgIpc) is 2.94. The first-order chi connectivity index (χ1) is 11.2. The minimum Gasteiger partial charge on any atom is -0.399 e. The van der Waals surface area contributed by atoms with Crippen LogP contribution in [0.2, 0.25) is 0 Å². The van der Waals surface area contributed by atoms with Crippen molar-refractivity contribution in [1.29, 1.82) is 0 Å². The second-order valence-corrected chi connectivity index (χ2v) is 8.69. The van der Waals surface area contributed by atoms with Gasteiger partial charge >= 0.3 is 7.12 Å². The molecule has 0 unspecified atom stereocenters. The lowest BCUT2D eigenvalue weighted by atomic mass is 9.68. The van der Waals surface area contributed by atoms with E-state index in [4.69, 9.17) is 9.31 Å². The van der Waals surface area contributed by atoms with E-state index < -0.39 is 0 Å². The summed E-state index contributed by atoms with van der Waals surface area (Å²) in [5.74, 6) is 0.262. The molecule has 5 heteroatoms. The first-order valence-electron chi connectivity index (χ1n) is 8.98. The zero-order valence-electron chi connectivity index (χ0n) is 15.1. The molecule has 1 amide bonds. The Labute approximate surface area is 144 Å². The molecule has 0 radical (unpaired) electrons. The van der Waals surface area contributed by atoms with Crippen molar-refractivity contribution in [2.45, 2.75) is 64.6 Å². The number of nitrogens with zero attached hydrogens (tertiary/aromatic N) is 1. The molecule has 4 nitrogen and oxygen atoms in total. The molecule has 1 spiro atoms. The molecule has 1 aromatic carbocycles. The Hall–Kier alpha value is -1.33. The van der Waals surface area contributed by atoms with E-state index in [9.17, 15) is 4.79 Å². The highest BCUT2D eigenvalue weighted by atomic mass is 16.7. The normalized spacial score (nSPS) is 26.9. The van der Waals surface area contributed by atoms with Crippen LogP contribution >= 0.6 is 0 Å². The number of hydrogen-bond acceptors (Lipinski definition) is 3. The highest BCUT2D eigenvalue weighted by Crippen LogP contribution is 2.49. The van der Waals surface area contributed by atoms with E-state index in [-0.39, 0.29) is 29.6 Å². The number of amides is 1. The van der Waals surface area contributed by atoms with Crippen molar-refractivity contribution >= 4 is 24.2 Å². The van der Waals surface area contributed by atoms with E-state index in [0.29, 0.717) is 6.42 Å². The smallest absolute Gasteiger partial charge is 0.399 e. The van der Waals surface area contributed by atoms with Crippen LogP contribution in [0.4, 0.5) is 5.69 Å². The maximum atomic E-state index is 12.4. The van der Waals surface area contributed by atoms with Crippen LogP contribution in [0.3, 0.4) is 0 Å². The lowest BCUT2D eigenvalue weighted by Gasteiger charge is -2.37. The van der Waals surface area contributed by atoms with Crippen molar-refractivity contribution in [2.75, 3.05) is 11.4 Å². The lowest BCUT2D eigenvalue weighted by Crippen LogP contribution is -2.41. The summed E-state index contributed by atoms with van der Waals surface area (Å²) in [6.45, 7) is 9.11. The Kier molecular flexibility index (Phi) is 3.43. The molecule has 4 rings (SSSR count). The molecule has 0 aromatic heterocycles. The van der Waals surface area contributed by atoms with Gasteiger partial charge in [0.25, 0.3) is 0 Å². The van der Waals surface area contributed by atoms with Crippen LogP contribution in [0.1, 0.15) is 53.4 Å². The summed E-state index contributed by atoms with van der Waals surface area (Å²) in [4.78, 5) is 14.3. The van der Waals surface area contributed by atoms with Gasteiger partial charge in [-0.3, -0.25) is 4.79 Å². The first kappa shape index (κ1) is 16.2. The molecule has 1 saturated carbocycles. The van der Waals surface area contributed by atoms with E-state index >= 15 is 0 Å². The minimum atomic E-state index is -0.351. The van der Waals surface area contributed by atoms with Gasteiger partial charge in [0.15, 0.2) is 0 Å². The molecule has 1 aromatic rings. The van der Waals surface area contributed by atoms with Crippen LogP contribution in [0.15, 0.2) is 24.3 Å². The van der Waals surface area contributed by atoms with E-state index in [1.165, 1.54) is 19.3 Å². The van der Waals surface area contributed by atoms with Gasteiger partial charge in [-0.15, -0.1) is 0 Å². The molecule has 3 aliphatic rings. The Morgan fingerprint density at radius 3 is 2.04 bits per heavy atom. The summed E-state index contributed by atoms with van der Waals surface area (Å²) in [6, 6.07) is 8.10. The van der Waals surface area contributed by atoms with Crippen LogP contribution in [0.5, 0.6) is 0 Å². The molecule has 0 bridgehead atoms. The van der Waals surface area contributed by atoms with Crippen molar-refractivity contribution in [3.63, 3.8) is 0 Å². The average molecular weight is 327 g/mol. The maximum absolute atomic E-state index is 12.4. The fourth-order valence-electron chi connectivity index (χ4n) is 3.93. The molecule has 2 saturated heterocycles. The zero-order valence-corrected chi connectivity index (χ0v) is 15.1. The van der Waals surface area contributed by atoms with Gasteiger partial charge in [0.05, 0.1) is 11.2 Å². The molecule has 2 aliphatic heterocycles. The predicted molar refractivity (Wildman–Crippen MR) is 95.4 cm³/mol. The number of hydrogen-bond donors (Lipinski definition) is 0. The number of carbonyl (C=O) groups excluding carboxylic acids is 1. The summed E-state index contributed by atoms with van der Waals surface area (Å²) < 4.78 is 12.2. The Balaban J connectivity index is 1.51. The summed E-state index contributed by atoms with van der Waals surface area (Å²) in [6.07, 6.45) is 4.37. The largest absolute Gasteiger partial charge is 0.494 e. The monoisotopic (exact) mass is 327 g/mol. The highest BCUT2D eigenvalue weighted by molar-refractivity contribution is 6.62. The standard InChI is InChI=1S/C19H26BNO3/c1-17(2)18(3,4)24-20(23-17)14-6-8-15(9-7-14)21-13-19(10-5-11-19)12-16(21)22/h6-9H,5,10-13H2,1-4H3. The molecule has 3 fully saturated rings. The van der Waals surface area contributed by atoms with Crippen LogP contribution in [-0.4, -0.2) is 30.8 Å². The minimum absolute atomic E-state index is 0.262. The van der Waals surface area contributed by atoms with Gasteiger partial charge in [-0.2, -0.15) is 0 Å². The van der Waals surface area contributed by atoms with E-state index in [2.05, 4.69) is 27.7 Å². The van der Waals surface area contributed by atoms with Crippen molar-refractivity contribution in [1.82, 2.24) is 0 Å². The number of anilines is 1. The third kappa shape index (κ3) is 2.41. The third-order valence-corrected chi connectivity index (χ3v) is 6.47. The number of rotatable bonds is 2. The van der Waals surface area contributed by atoms with Gasteiger partial charge in [-0.25, -0.2) is 0 Å². The van der Waals surface area contributed by atoms with Gasteiger partial charge in [-0.05, 0) is 63.5 Å². The van der Waals surface area contributed by atoms with E-state index in [1.807, 2.05) is 29.2 Å². The van der Waals surface area contributed by atoms with Crippen LogP contribution in [-0.2, 0) is 14.1 Å². The molecule has 128 valence electrons. The molecule has 0 N–H and O–H groups in total. The molecule has 2 heterocycles. The van der Waals surface area contributed by atoms with Crippen molar-refractivity contribution in [3.8, 4) is 0 Å². The van der Waals surface area contributed by atoms with Gasteiger partial charge in [-0.1, -0.05) is 18.6 Å². The summed E-state index contributed by atoms with van der Waals surface area (Å²) in [5, 5.41) is 0. The van der Waals surface area contributed by atoms with Crippen molar-refractivity contribution < 1.29 is 14.1 Å². The first-order valence-corrected chi connectivity index (χ1v) is 8.98. The van der Waals surface area contributed by atoms with Crippen LogP contribution < -0.4 is 10.4 Å². The Morgan fingerprint density at radius 1 is 1.00 bits per heavy atom. The lowest BCUT2D eigenvalue weighted by molar-refractivity contribution is -0.118. The second kappa shape index (κ2) is 5.09. The maximum Gasteiger partial charge on any atom is 0.494 e. The van der Waals surface area contributed by atoms with Crippen molar-refractivity contribution in [2.24, 2.45) is 5.41 Å². The Bertz CT molecular complexity index is 648. The summed E-state index contributed by atoms with van der Waals surface area (Å²) in [5.41, 5.74) is 1.59. The summed E-state index contributed by atoms with van der Waals surface area (Å²) in [7, 11) is -0.351. The van der Waals surface area contributed by atoms with Gasteiger partial charge in [0.1, 0.15) is 0 Å². The molecular formula is C19H26BNO3. The Morgan fingerprint density at radius 2 is 1.58 bits per heavy atom. The van der Waals surface area contributed by atoms with Crippen molar-refractivity contribution in [3.05, 3.63) is 24.3 Å². The van der Waals surface area contributed by atoms with Crippen LogP contribution in [0, 0.1) is 5.41 Å². The van der Waals surface area contributed by atoms with E-state index in [0.717, 1.165) is 17.7 Å². The quantitative estimate of drug-likeness (QED) is 0.784. The predicted octanol–water partition coefficient (Wildman–Crippen LogP) is 2.89. The zero-order chi connectivity index (χ0) is 17.2. The number of benzene rings is 1. The summed E-state index contributed by atoms with van der Waals surface area (Å²) >= 11 is 0. The second-order valence-electron chi connectivity index (χ2n) is 8.69. The topological polar surface area (TPSA) is 38.8 Å². The molecule has 0 atom stereocenters. The van der Waals surface area contributed by atoms with E-state index in [1.54, 1.807) is 0 Å². The number of carbonyl (C=O) groups is 1. The molecule has 1 aliphatic carbocycles.